The fourth-order valence-corrected chi connectivity index (χ4v) is 5.00. The van der Waals surface area contributed by atoms with Crippen LogP contribution in [0, 0.1) is 0 Å². The van der Waals surface area contributed by atoms with Gasteiger partial charge in [-0.3, -0.25) is 4.79 Å². The van der Waals surface area contributed by atoms with Gasteiger partial charge in [0, 0.05) is 23.0 Å². The molecule has 1 aliphatic heterocycles. The molecule has 3 aromatic rings. The number of rotatable bonds is 7. The Labute approximate surface area is 199 Å². The van der Waals surface area contributed by atoms with Crippen LogP contribution in [-0.2, 0) is 11.2 Å². The second-order valence-electron chi connectivity index (χ2n) is 7.42. The molecule has 0 saturated carbocycles. The number of likely N-dealkylation sites (tertiary alicyclic amines) is 1. The number of ether oxygens (including phenoxy) is 1. The summed E-state index contributed by atoms with van der Waals surface area (Å²) < 4.78 is 5.60. The van der Waals surface area contributed by atoms with E-state index in [1.807, 2.05) is 12.1 Å². The Morgan fingerprint density at radius 1 is 1.09 bits per heavy atom. The maximum atomic E-state index is 12.8. The van der Waals surface area contributed by atoms with Crippen LogP contribution in [0.5, 0.6) is 5.75 Å². The summed E-state index contributed by atoms with van der Waals surface area (Å²) in [4.78, 5) is 31.2. The van der Waals surface area contributed by atoms with Crippen molar-refractivity contribution < 1.29 is 19.4 Å². The maximum Gasteiger partial charge on any atom is 0.347 e. The summed E-state index contributed by atoms with van der Waals surface area (Å²) in [6.07, 6.45) is 1.95. The fourth-order valence-electron chi connectivity index (χ4n) is 3.68. The quantitative estimate of drug-likeness (QED) is 0.474. The van der Waals surface area contributed by atoms with Crippen molar-refractivity contribution in [1.82, 2.24) is 9.88 Å². The van der Waals surface area contributed by atoms with E-state index in [4.69, 9.17) is 27.9 Å². The van der Waals surface area contributed by atoms with Crippen LogP contribution in [0.4, 0.5) is 0 Å². The number of nitrogens with zero attached hydrogens (tertiary/aromatic N) is 2. The predicted molar refractivity (Wildman–Crippen MR) is 124 cm³/mol. The molecule has 1 fully saturated rings. The number of thiazole rings is 1. The molecular formula is C23H20Cl2N2O4S. The van der Waals surface area contributed by atoms with Gasteiger partial charge in [0.25, 0.3) is 5.91 Å². The minimum Gasteiger partial charge on any atom is -0.484 e. The number of carboxylic acid groups (broad SMARTS) is 1. The first-order valence-electron chi connectivity index (χ1n) is 10.1. The standard InChI is InChI=1S/C23H20Cl2N2O4S/c24-15-5-3-14(4-6-15)12-18-21(23(29)30)32-22(26-18)19-2-1-11-27(19)20(28)13-31-17-9-7-16(25)8-10-17/h3-10,19H,1-2,11-13H2,(H,29,30). The van der Waals surface area contributed by atoms with E-state index in [0.717, 1.165) is 29.7 Å². The molecule has 1 N–H and O–H groups in total. The Balaban J connectivity index is 1.49. The molecule has 32 heavy (non-hydrogen) atoms. The third kappa shape index (κ3) is 5.23. The topological polar surface area (TPSA) is 79.7 Å². The lowest BCUT2D eigenvalue weighted by molar-refractivity contribution is -0.134. The Morgan fingerprint density at radius 3 is 2.41 bits per heavy atom. The third-order valence-corrected chi connectivity index (χ3v) is 6.92. The summed E-state index contributed by atoms with van der Waals surface area (Å²) in [5.74, 6) is -0.611. The Morgan fingerprint density at radius 2 is 1.75 bits per heavy atom. The van der Waals surface area contributed by atoms with Crippen LogP contribution < -0.4 is 4.74 Å². The van der Waals surface area contributed by atoms with Gasteiger partial charge in [-0.1, -0.05) is 35.3 Å². The summed E-state index contributed by atoms with van der Waals surface area (Å²) in [6.45, 7) is 0.481. The molecule has 6 nitrogen and oxygen atoms in total. The highest BCUT2D eigenvalue weighted by Gasteiger charge is 2.34. The molecular weight excluding hydrogens is 471 g/mol. The molecule has 1 amide bonds. The minimum atomic E-state index is -1.01. The van der Waals surface area contributed by atoms with E-state index in [1.54, 1.807) is 41.3 Å². The van der Waals surface area contributed by atoms with Crippen LogP contribution in [-0.4, -0.2) is 40.0 Å². The Bertz CT molecular complexity index is 1120. The first-order valence-corrected chi connectivity index (χ1v) is 11.6. The normalized spacial score (nSPS) is 15.7. The highest BCUT2D eigenvalue weighted by Crippen LogP contribution is 2.36. The number of hydrogen-bond acceptors (Lipinski definition) is 5. The van der Waals surface area contributed by atoms with Crippen LogP contribution in [0.3, 0.4) is 0 Å². The molecule has 0 aliphatic carbocycles. The first kappa shape index (κ1) is 22.6. The van der Waals surface area contributed by atoms with Crippen molar-refractivity contribution in [3.63, 3.8) is 0 Å². The fraction of sp³-hybridized carbons (Fsp3) is 0.261. The number of carbonyl (C=O) groups is 2. The van der Waals surface area contributed by atoms with E-state index in [2.05, 4.69) is 4.98 Å². The van der Waals surface area contributed by atoms with Crippen molar-refractivity contribution in [1.29, 1.82) is 0 Å². The van der Waals surface area contributed by atoms with Crippen molar-refractivity contribution in [3.8, 4) is 5.75 Å². The van der Waals surface area contributed by atoms with Gasteiger partial charge < -0.3 is 14.7 Å². The molecule has 0 bridgehead atoms. The van der Waals surface area contributed by atoms with Gasteiger partial charge in [0.05, 0.1) is 11.7 Å². The number of carbonyl (C=O) groups excluding carboxylic acids is 1. The summed E-state index contributed by atoms with van der Waals surface area (Å²) >= 11 is 13.0. The van der Waals surface area contributed by atoms with E-state index >= 15 is 0 Å². The van der Waals surface area contributed by atoms with Gasteiger partial charge in [-0.05, 0) is 54.8 Å². The summed E-state index contributed by atoms with van der Waals surface area (Å²) in [7, 11) is 0. The Hall–Kier alpha value is -2.61. The number of aromatic carboxylic acids is 1. The second-order valence-corrected chi connectivity index (χ2v) is 9.33. The molecule has 166 valence electrons. The number of halogens is 2. The first-order chi connectivity index (χ1) is 15.4. The van der Waals surface area contributed by atoms with Gasteiger partial charge in [-0.2, -0.15) is 0 Å². The van der Waals surface area contributed by atoms with Crippen molar-refractivity contribution in [2.75, 3.05) is 13.2 Å². The van der Waals surface area contributed by atoms with Gasteiger partial charge in [0.1, 0.15) is 15.6 Å². The molecule has 1 aliphatic rings. The van der Waals surface area contributed by atoms with Crippen molar-refractivity contribution in [2.45, 2.75) is 25.3 Å². The molecule has 0 radical (unpaired) electrons. The number of amides is 1. The average Bonchev–Trinajstić information content (AvgIpc) is 3.42. The molecule has 1 atom stereocenters. The van der Waals surface area contributed by atoms with E-state index < -0.39 is 5.97 Å². The van der Waals surface area contributed by atoms with Crippen LogP contribution in [0.2, 0.25) is 10.0 Å². The lowest BCUT2D eigenvalue weighted by Crippen LogP contribution is -2.34. The van der Waals surface area contributed by atoms with Crippen LogP contribution >= 0.6 is 34.5 Å². The SMILES string of the molecule is O=C(O)c1sc(C2CCCN2C(=O)COc2ccc(Cl)cc2)nc1Cc1ccc(Cl)cc1. The average molecular weight is 491 g/mol. The predicted octanol–water partition coefficient (Wildman–Crippen LogP) is 5.48. The van der Waals surface area contributed by atoms with Crippen molar-refractivity contribution in [2.24, 2.45) is 0 Å². The number of benzene rings is 2. The smallest absolute Gasteiger partial charge is 0.347 e. The van der Waals surface area contributed by atoms with Crippen molar-refractivity contribution >= 4 is 46.4 Å². The molecule has 0 spiro atoms. The summed E-state index contributed by atoms with van der Waals surface area (Å²) in [5, 5.41) is 11.5. The van der Waals surface area contributed by atoms with Gasteiger partial charge in [0.2, 0.25) is 0 Å². The van der Waals surface area contributed by atoms with Gasteiger partial charge in [-0.15, -0.1) is 11.3 Å². The molecule has 1 unspecified atom stereocenters. The zero-order chi connectivity index (χ0) is 22.7. The van der Waals surface area contributed by atoms with E-state index in [9.17, 15) is 14.7 Å². The minimum absolute atomic E-state index is 0.104. The lowest BCUT2D eigenvalue weighted by Gasteiger charge is -2.23. The third-order valence-electron chi connectivity index (χ3n) is 5.23. The molecule has 2 aromatic carbocycles. The number of carboxylic acids is 1. The molecule has 1 aromatic heterocycles. The van der Waals surface area contributed by atoms with Crippen LogP contribution in [0.1, 0.15) is 44.8 Å². The molecule has 9 heteroatoms. The lowest BCUT2D eigenvalue weighted by atomic mass is 10.1. The molecule has 1 saturated heterocycles. The zero-order valence-corrected chi connectivity index (χ0v) is 19.3. The van der Waals surface area contributed by atoms with Gasteiger partial charge >= 0.3 is 5.97 Å². The Kier molecular flexibility index (Phi) is 6.98. The van der Waals surface area contributed by atoms with Gasteiger partial charge in [0.15, 0.2) is 6.61 Å². The second kappa shape index (κ2) is 9.90. The highest BCUT2D eigenvalue weighted by atomic mass is 35.5. The maximum absolute atomic E-state index is 12.8. The number of aromatic nitrogens is 1. The zero-order valence-electron chi connectivity index (χ0n) is 17.0. The molecule has 2 heterocycles. The largest absolute Gasteiger partial charge is 0.484 e. The van der Waals surface area contributed by atoms with E-state index in [-0.39, 0.29) is 23.4 Å². The van der Waals surface area contributed by atoms with E-state index in [1.165, 1.54) is 0 Å². The molecule has 4 rings (SSSR count). The number of hydrogen-bond donors (Lipinski definition) is 1. The van der Waals surface area contributed by atoms with Crippen molar-refractivity contribution in [3.05, 3.63) is 79.7 Å². The van der Waals surface area contributed by atoms with Crippen LogP contribution in [0.25, 0.3) is 0 Å². The van der Waals surface area contributed by atoms with E-state index in [0.29, 0.717) is 39.5 Å². The summed E-state index contributed by atoms with van der Waals surface area (Å²) in [5.41, 5.74) is 1.42. The highest BCUT2D eigenvalue weighted by molar-refractivity contribution is 7.13. The van der Waals surface area contributed by atoms with Crippen LogP contribution in [0.15, 0.2) is 48.5 Å². The van der Waals surface area contributed by atoms with Gasteiger partial charge in [-0.25, -0.2) is 9.78 Å². The summed E-state index contributed by atoms with van der Waals surface area (Å²) in [6, 6.07) is 13.8. The monoisotopic (exact) mass is 490 g/mol.